The van der Waals surface area contributed by atoms with E-state index in [0.717, 1.165) is 27.8 Å². The highest BCUT2D eigenvalue weighted by Crippen LogP contribution is 2.30. The number of ether oxygens (including phenoxy) is 1. The lowest BCUT2D eigenvalue weighted by Crippen LogP contribution is -2.05. The molecule has 5 aromatic rings. The number of benzene rings is 3. The van der Waals surface area contributed by atoms with Crippen molar-refractivity contribution in [2.24, 2.45) is 0 Å². The predicted molar refractivity (Wildman–Crippen MR) is 106 cm³/mol. The van der Waals surface area contributed by atoms with Gasteiger partial charge in [0.25, 0.3) is 0 Å². The first-order valence-corrected chi connectivity index (χ1v) is 8.90. The zero-order valence-corrected chi connectivity index (χ0v) is 14.9. The molecule has 2 aromatic heterocycles. The molecular formula is C22H16N4O2. The first-order chi connectivity index (χ1) is 13.8. The standard InChI is InChI=1S/C22H16N4O2/c27-16-12-10-15(11-13-16)21-18-8-4-5-9-19(18)22-24-23-20(26(22)25-21)14-28-17-6-2-1-3-7-17/h1-13,27H,14H2. The van der Waals surface area contributed by atoms with Crippen LogP contribution in [-0.4, -0.2) is 24.9 Å². The van der Waals surface area contributed by atoms with E-state index in [-0.39, 0.29) is 12.4 Å². The Hall–Kier alpha value is -3.93. The largest absolute Gasteiger partial charge is 0.508 e. The van der Waals surface area contributed by atoms with Gasteiger partial charge in [0.15, 0.2) is 11.5 Å². The Kier molecular flexibility index (Phi) is 3.87. The minimum Gasteiger partial charge on any atom is -0.508 e. The van der Waals surface area contributed by atoms with Crippen molar-refractivity contribution in [3.63, 3.8) is 0 Å². The van der Waals surface area contributed by atoms with E-state index in [0.29, 0.717) is 11.5 Å². The van der Waals surface area contributed by atoms with Gasteiger partial charge in [-0.25, -0.2) is 0 Å². The Balaban J connectivity index is 1.65. The number of phenolic OH excluding ortho intramolecular Hbond substituents is 1. The molecule has 0 amide bonds. The average Bonchev–Trinajstić information content (AvgIpc) is 3.16. The van der Waals surface area contributed by atoms with Crippen molar-refractivity contribution in [1.29, 1.82) is 0 Å². The molecule has 0 saturated carbocycles. The predicted octanol–water partition coefficient (Wildman–Crippen LogP) is 4.23. The van der Waals surface area contributed by atoms with Gasteiger partial charge in [0, 0.05) is 16.3 Å². The van der Waals surface area contributed by atoms with Gasteiger partial charge in [-0.05, 0) is 36.4 Å². The van der Waals surface area contributed by atoms with Crippen LogP contribution in [0.4, 0.5) is 0 Å². The normalized spacial score (nSPS) is 11.1. The lowest BCUT2D eigenvalue weighted by molar-refractivity contribution is 0.292. The van der Waals surface area contributed by atoms with E-state index in [9.17, 15) is 5.11 Å². The molecule has 0 atom stereocenters. The van der Waals surface area contributed by atoms with Crippen molar-refractivity contribution in [1.82, 2.24) is 19.8 Å². The number of rotatable bonds is 4. The summed E-state index contributed by atoms with van der Waals surface area (Å²) in [5, 5.41) is 25.0. The third-order valence-electron chi connectivity index (χ3n) is 4.58. The van der Waals surface area contributed by atoms with Crippen molar-refractivity contribution < 1.29 is 9.84 Å². The Morgan fingerprint density at radius 3 is 2.29 bits per heavy atom. The van der Waals surface area contributed by atoms with Gasteiger partial charge in [-0.3, -0.25) is 0 Å². The van der Waals surface area contributed by atoms with Crippen LogP contribution >= 0.6 is 0 Å². The van der Waals surface area contributed by atoms with Crippen molar-refractivity contribution in [3.05, 3.63) is 84.7 Å². The van der Waals surface area contributed by atoms with Crippen LogP contribution in [0.15, 0.2) is 78.9 Å². The van der Waals surface area contributed by atoms with Crippen LogP contribution in [0, 0.1) is 0 Å². The van der Waals surface area contributed by atoms with Gasteiger partial charge in [0.05, 0.1) is 5.69 Å². The van der Waals surface area contributed by atoms with Gasteiger partial charge in [-0.2, -0.15) is 9.61 Å². The second kappa shape index (κ2) is 6.66. The van der Waals surface area contributed by atoms with Crippen LogP contribution in [-0.2, 0) is 6.61 Å². The molecule has 2 heterocycles. The number of hydrogen-bond acceptors (Lipinski definition) is 5. The van der Waals surface area contributed by atoms with Gasteiger partial charge >= 0.3 is 0 Å². The van der Waals surface area contributed by atoms with Crippen LogP contribution in [0.25, 0.3) is 27.7 Å². The first kappa shape index (κ1) is 16.3. The van der Waals surface area contributed by atoms with Crippen LogP contribution in [0.2, 0.25) is 0 Å². The fourth-order valence-electron chi connectivity index (χ4n) is 3.21. The third-order valence-corrected chi connectivity index (χ3v) is 4.58. The molecule has 0 aliphatic rings. The maximum Gasteiger partial charge on any atom is 0.192 e. The molecule has 0 spiro atoms. The SMILES string of the molecule is Oc1ccc(-c2nn3c(COc4ccccc4)nnc3c3ccccc23)cc1. The highest BCUT2D eigenvalue weighted by atomic mass is 16.5. The minimum atomic E-state index is 0.218. The van der Waals surface area contributed by atoms with Gasteiger partial charge in [-0.1, -0.05) is 42.5 Å². The number of fused-ring (bicyclic) bond motifs is 3. The van der Waals surface area contributed by atoms with Crippen LogP contribution < -0.4 is 4.74 Å². The van der Waals surface area contributed by atoms with Gasteiger partial charge in [-0.15, -0.1) is 10.2 Å². The van der Waals surface area contributed by atoms with Gasteiger partial charge in [0.1, 0.15) is 18.1 Å². The van der Waals surface area contributed by atoms with Crippen molar-refractivity contribution in [2.45, 2.75) is 6.61 Å². The summed E-state index contributed by atoms with van der Waals surface area (Å²) in [4.78, 5) is 0. The molecule has 136 valence electrons. The molecule has 6 nitrogen and oxygen atoms in total. The van der Waals surface area contributed by atoms with E-state index in [2.05, 4.69) is 10.2 Å². The van der Waals surface area contributed by atoms with Crippen LogP contribution in [0.1, 0.15) is 5.82 Å². The minimum absolute atomic E-state index is 0.218. The Morgan fingerprint density at radius 2 is 1.50 bits per heavy atom. The maximum absolute atomic E-state index is 9.62. The maximum atomic E-state index is 9.62. The van der Waals surface area contributed by atoms with E-state index >= 15 is 0 Å². The molecule has 0 aliphatic carbocycles. The molecule has 1 N–H and O–H groups in total. The van der Waals surface area contributed by atoms with E-state index in [1.165, 1.54) is 0 Å². The molecule has 5 rings (SSSR count). The quantitative estimate of drug-likeness (QED) is 0.514. The first-order valence-electron chi connectivity index (χ1n) is 8.90. The van der Waals surface area contributed by atoms with Gasteiger partial charge < -0.3 is 9.84 Å². The van der Waals surface area contributed by atoms with E-state index in [4.69, 9.17) is 9.84 Å². The van der Waals surface area contributed by atoms with E-state index in [1.807, 2.05) is 66.7 Å². The smallest absolute Gasteiger partial charge is 0.192 e. The zero-order chi connectivity index (χ0) is 18.9. The highest BCUT2D eigenvalue weighted by molar-refractivity contribution is 6.01. The molecule has 0 saturated heterocycles. The summed E-state index contributed by atoms with van der Waals surface area (Å²) >= 11 is 0. The number of aromatic nitrogens is 4. The van der Waals surface area contributed by atoms with Crippen LogP contribution in [0.5, 0.6) is 11.5 Å². The van der Waals surface area contributed by atoms with E-state index < -0.39 is 0 Å². The lowest BCUT2D eigenvalue weighted by Gasteiger charge is -2.09. The monoisotopic (exact) mass is 368 g/mol. The second-order valence-electron chi connectivity index (χ2n) is 6.39. The summed E-state index contributed by atoms with van der Waals surface area (Å²) in [6.45, 7) is 0.255. The molecule has 0 bridgehead atoms. The van der Waals surface area contributed by atoms with Crippen molar-refractivity contribution in [2.75, 3.05) is 0 Å². The van der Waals surface area contributed by atoms with Crippen molar-refractivity contribution >= 4 is 16.4 Å². The Morgan fingerprint density at radius 1 is 0.786 bits per heavy atom. The average molecular weight is 368 g/mol. The molecule has 6 heteroatoms. The summed E-state index contributed by atoms with van der Waals surface area (Å²) in [7, 11) is 0. The van der Waals surface area contributed by atoms with Crippen LogP contribution in [0.3, 0.4) is 0 Å². The third kappa shape index (κ3) is 2.81. The van der Waals surface area contributed by atoms with Gasteiger partial charge in [0.2, 0.25) is 0 Å². The summed E-state index contributed by atoms with van der Waals surface area (Å²) in [5.41, 5.74) is 2.38. The number of nitrogens with zero attached hydrogens (tertiary/aromatic N) is 4. The summed E-state index contributed by atoms with van der Waals surface area (Å²) < 4.78 is 7.57. The molecule has 0 fully saturated rings. The Labute approximate surface area is 160 Å². The number of phenols is 1. The summed E-state index contributed by atoms with van der Waals surface area (Å²) in [5.74, 6) is 1.60. The highest BCUT2D eigenvalue weighted by Gasteiger charge is 2.15. The molecule has 28 heavy (non-hydrogen) atoms. The summed E-state index contributed by atoms with van der Waals surface area (Å²) in [6.07, 6.45) is 0. The molecule has 0 aliphatic heterocycles. The molecular weight excluding hydrogens is 352 g/mol. The number of aromatic hydroxyl groups is 1. The fraction of sp³-hybridized carbons (Fsp3) is 0.0455. The molecule has 0 unspecified atom stereocenters. The Bertz CT molecular complexity index is 1260. The van der Waals surface area contributed by atoms with E-state index in [1.54, 1.807) is 16.6 Å². The van der Waals surface area contributed by atoms with Crippen molar-refractivity contribution in [3.8, 4) is 22.8 Å². The summed E-state index contributed by atoms with van der Waals surface area (Å²) in [6, 6.07) is 24.5. The molecule has 0 radical (unpaired) electrons. The second-order valence-corrected chi connectivity index (χ2v) is 6.39. The number of hydrogen-bond donors (Lipinski definition) is 1. The topological polar surface area (TPSA) is 72.5 Å². The molecule has 3 aromatic carbocycles. The fourth-order valence-corrected chi connectivity index (χ4v) is 3.21. The lowest BCUT2D eigenvalue weighted by atomic mass is 10.0. The number of para-hydroxylation sites is 1. The zero-order valence-electron chi connectivity index (χ0n) is 14.9.